The van der Waals surface area contributed by atoms with Crippen LogP contribution in [0.4, 0.5) is 8.78 Å². The lowest BCUT2D eigenvalue weighted by Gasteiger charge is -2.30. The molecule has 0 saturated carbocycles. The summed E-state index contributed by atoms with van der Waals surface area (Å²) in [7, 11) is 0. The van der Waals surface area contributed by atoms with Gasteiger partial charge in [0.25, 0.3) is 18.2 Å². The number of hydrogen-bond donors (Lipinski definition) is 5. The lowest BCUT2D eigenvalue weighted by molar-refractivity contribution is -0.149. The second-order valence-electron chi connectivity index (χ2n) is 6.93. The summed E-state index contributed by atoms with van der Waals surface area (Å²) in [4.78, 5) is 35.0. The largest absolute Gasteiger partial charge is 0.381 e. The first-order valence-corrected chi connectivity index (χ1v) is 9.33. The van der Waals surface area contributed by atoms with E-state index in [0.717, 1.165) is 5.48 Å². The maximum Gasteiger partial charge on any atom is 0.269 e. The van der Waals surface area contributed by atoms with Gasteiger partial charge in [-0.3, -0.25) is 19.6 Å². The molecule has 2 unspecified atom stereocenters. The number of nitrogens with one attached hydrogen (secondary N) is 2. The molecule has 0 radical (unpaired) electrons. The summed E-state index contributed by atoms with van der Waals surface area (Å²) in [6.45, 7) is 0.656. The fourth-order valence-corrected chi connectivity index (χ4v) is 2.51. The number of carbonyl (C=O) groups is 3. The van der Waals surface area contributed by atoms with E-state index < -0.39 is 35.8 Å². The molecule has 2 atom stereocenters. The molecule has 0 bridgehead atoms. The summed E-state index contributed by atoms with van der Waals surface area (Å²) >= 11 is 0. The number of carbonyl (C=O) groups excluding carboxylic acids is 3. The highest BCUT2D eigenvalue weighted by molar-refractivity contribution is 5.98. The van der Waals surface area contributed by atoms with Crippen molar-refractivity contribution in [2.45, 2.75) is 25.0 Å². The molecule has 0 aromatic heterocycles. The molecule has 0 aliphatic rings. The van der Waals surface area contributed by atoms with Gasteiger partial charge >= 0.3 is 0 Å². The number of nitrogens with two attached hydrogens (primary N) is 1. The average molecular weight is 455 g/mol. The standard InChI is InChI=1S/C23H19F2N3O5/c1-23(32,22(24)25)18(21(31)28-33)27-20(30)17-12-8-15(9-13-17)5-3-2-4-14-6-10-16(11-7-14)19(26)29/h6-13,18,22,32-33H,1H3,(H2,26,29)(H,27,30)(H,28,31). The zero-order chi connectivity index (χ0) is 24.6. The number of halogens is 2. The highest BCUT2D eigenvalue weighted by Gasteiger charge is 2.46. The lowest BCUT2D eigenvalue weighted by Crippen LogP contribution is -2.61. The number of hydroxylamine groups is 1. The molecule has 0 heterocycles. The van der Waals surface area contributed by atoms with E-state index in [1.807, 2.05) is 5.32 Å². The predicted molar refractivity (Wildman–Crippen MR) is 113 cm³/mol. The van der Waals surface area contributed by atoms with E-state index in [1.54, 1.807) is 24.3 Å². The van der Waals surface area contributed by atoms with Crippen molar-refractivity contribution in [2.75, 3.05) is 0 Å². The van der Waals surface area contributed by atoms with E-state index in [0.29, 0.717) is 23.6 Å². The van der Waals surface area contributed by atoms with E-state index in [4.69, 9.17) is 10.9 Å². The smallest absolute Gasteiger partial charge is 0.269 e. The molecule has 0 aliphatic heterocycles. The summed E-state index contributed by atoms with van der Waals surface area (Å²) in [6.07, 6.45) is -3.38. The Morgan fingerprint density at radius 3 is 1.79 bits per heavy atom. The Balaban J connectivity index is 2.09. The van der Waals surface area contributed by atoms with E-state index in [-0.39, 0.29) is 5.56 Å². The van der Waals surface area contributed by atoms with Crippen LogP contribution in [0.15, 0.2) is 48.5 Å². The van der Waals surface area contributed by atoms with Crippen molar-refractivity contribution in [3.63, 3.8) is 0 Å². The zero-order valence-electron chi connectivity index (χ0n) is 17.2. The monoisotopic (exact) mass is 455 g/mol. The van der Waals surface area contributed by atoms with Crippen LogP contribution in [0.5, 0.6) is 0 Å². The Labute approximate surface area is 187 Å². The van der Waals surface area contributed by atoms with Crippen LogP contribution < -0.4 is 16.5 Å². The van der Waals surface area contributed by atoms with Gasteiger partial charge in [0.15, 0.2) is 5.60 Å². The van der Waals surface area contributed by atoms with E-state index in [1.165, 1.54) is 24.3 Å². The number of primary amides is 1. The predicted octanol–water partition coefficient (Wildman–Crippen LogP) is 0.809. The van der Waals surface area contributed by atoms with Gasteiger partial charge in [-0.25, -0.2) is 14.3 Å². The summed E-state index contributed by atoms with van der Waals surface area (Å²) < 4.78 is 26.1. The number of benzene rings is 2. The quantitative estimate of drug-likeness (QED) is 0.249. The number of hydrogen-bond acceptors (Lipinski definition) is 5. The van der Waals surface area contributed by atoms with Gasteiger partial charge in [0.05, 0.1) is 0 Å². The van der Waals surface area contributed by atoms with Gasteiger partial charge in [0.1, 0.15) is 6.04 Å². The van der Waals surface area contributed by atoms with Crippen LogP contribution in [0.25, 0.3) is 0 Å². The summed E-state index contributed by atoms with van der Waals surface area (Å²) in [5.41, 5.74) is 4.86. The highest BCUT2D eigenvalue weighted by atomic mass is 19.3. The van der Waals surface area contributed by atoms with E-state index >= 15 is 0 Å². The Morgan fingerprint density at radius 1 is 0.939 bits per heavy atom. The summed E-state index contributed by atoms with van der Waals surface area (Å²) in [6, 6.07) is 9.82. The van der Waals surface area contributed by atoms with E-state index in [9.17, 15) is 28.3 Å². The van der Waals surface area contributed by atoms with Crippen LogP contribution in [0.3, 0.4) is 0 Å². The summed E-state index contributed by atoms with van der Waals surface area (Å²) in [5, 5.41) is 20.6. The molecule has 2 aromatic carbocycles. The Hall–Kier alpha value is -4.25. The first-order chi connectivity index (χ1) is 15.6. The van der Waals surface area contributed by atoms with Crippen molar-refractivity contribution in [3.05, 3.63) is 70.8 Å². The molecule has 0 spiro atoms. The van der Waals surface area contributed by atoms with Crippen molar-refractivity contribution in [3.8, 4) is 23.7 Å². The van der Waals surface area contributed by atoms with Gasteiger partial charge in [-0.05, 0) is 67.3 Å². The number of rotatable bonds is 6. The van der Waals surface area contributed by atoms with Crippen LogP contribution >= 0.6 is 0 Å². The Bertz CT molecular complexity index is 1160. The van der Waals surface area contributed by atoms with Gasteiger partial charge in [0.2, 0.25) is 5.91 Å². The Morgan fingerprint density at radius 2 is 1.39 bits per heavy atom. The molecule has 0 aliphatic carbocycles. The van der Waals surface area contributed by atoms with Gasteiger partial charge in [0, 0.05) is 22.3 Å². The van der Waals surface area contributed by atoms with Crippen LogP contribution in [0.1, 0.15) is 38.8 Å². The maximum absolute atomic E-state index is 13.1. The van der Waals surface area contributed by atoms with Crippen LogP contribution in [0, 0.1) is 23.7 Å². The topological polar surface area (TPSA) is 142 Å². The lowest BCUT2D eigenvalue weighted by atomic mass is 9.95. The molecule has 2 aromatic rings. The van der Waals surface area contributed by atoms with Gasteiger partial charge < -0.3 is 16.2 Å². The van der Waals surface area contributed by atoms with Crippen LogP contribution in [0.2, 0.25) is 0 Å². The fraction of sp³-hybridized carbons (Fsp3) is 0.174. The van der Waals surface area contributed by atoms with Crippen LogP contribution in [-0.2, 0) is 4.79 Å². The molecule has 0 fully saturated rings. The van der Waals surface area contributed by atoms with Crippen LogP contribution in [-0.4, -0.2) is 46.1 Å². The third-order valence-corrected chi connectivity index (χ3v) is 4.47. The molecule has 3 amide bonds. The highest BCUT2D eigenvalue weighted by Crippen LogP contribution is 2.20. The molecule has 2 rings (SSSR count). The molecule has 0 saturated heterocycles. The third kappa shape index (κ3) is 6.61. The minimum absolute atomic E-state index is 0.00183. The third-order valence-electron chi connectivity index (χ3n) is 4.47. The number of alkyl halides is 2. The second kappa shape index (κ2) is 10.9. The normalized spacial score (nSPS) is 12.8. The molecule has 6 N–H and O–H groups in total. The molecule has 33 heavy (non-hydrogen) atoms. The zero-order valence-corrected chi connectivity index (χ0v) is 17.2. The first kappa shape index (κ1) is 25.0. The van der Waals surface area contributed by atoms with Crippen molar-refractivity contribution >= 4 is 17.7 Å². The SMILES string of the molecule is CC(O)(C(F)F)C(NC(=O)c1ccc(C#CC#Cc2ccc(C(N)=O)cc2)cc1)C(=O)NO. The molecule has 8 nitrogen and oxygen atoms in total. The molecular formula is C23H19F2N3O5. The molecule has 10 heteroatoms. The van der Waals surface area contributed by atoms with Crippen molar-refractivity contribution in [1.29, 1.82) is 0 Å². The first-order valence-electron chi connectivity index (χ1n) is 9.33. The number of amides is 3. The van der Waals surface area contributed by atoms with Crippen molar-refractivity contribution in [1.82, 2.24) is 10.8 Å². The van der Waals surface area contributed by atoms with Gasteiger partial charge in [-0.1, -0.05) is 11.8 Å². The summed E-state index contributed by atoms with van der Waals surface area (Å²) in [5.74, 6) is 7.92. The Kier molecular flexibility index (Phi) is 8.24. The molecule has 170 valence electrons. The number of aliphatic hydroxyl groups is 1. The van der Waals surface area contributed by atoms with Crippen molar-refractivity contribution in [2.24, 2.45) is 5.73 Å². The minimum Gasteiger partial charge on any atom is -0.381 e. The maximum atomic E-state index is 13.1. The minimum atomic E-state index is -3.38. The van der Waals surface area contributed by atoms with Gasteiger partial charge in [-0.15, -0.1) is 0 Å². The second-order valence-corrected chi connectivity index (χ2v) is 6.93. The van der Waals surface area contributed by atoms with Gasteiger partial charge in [-0.2, -0.15) is 0 Å². The van der Waals surface area contributed by atoms with E-state index in [2.05, 4.69) is 23.7 Å². The fourth-order valence-electron chi connectivity index (χ4n) is 2.51. The van der Waals surface area contributed by atoms with Crippen molar-refractivity contribution < 1.29 is 33.5 Å². The molecular weight excluding hydrogens is 436 g/mol. The average Bonchev–Trinajstić information content (AvgIpc) is 2.80.